The summed E-state index contributed by atoms with van der Waals surface area (Å²) in [5, 5.41) is 10.5. The molecule has 0 bridgehead atoms. The number of nitrogens with zero attached hydrogens (tertiary/aromatic N) is 1. The first-order valence-electron chi connectivity index (χ1n) is 7.41. The van der Waals surface area contributed by atoms with Gasteiger partial charge in [-0.25, -0.2) is 4.98 Å². The van der Waals surface area contributed by atoms with E-state index in [1.165, 1.54) is 32.1 Å². The zero-order chi connectivity index (χ0) is 13.7. The molecule has 1 aromatic rings. The number of aliphatic hydroxyl groups excluding tert-OH is 1. The minimum Gasteiger partial charge on any atom is -0.481 e. The van der Waals surface area contributed by atoms with Gasteiger partial charge >= 0.3 is 0 Å². The molecule has 1 aliphatic carbocycles. The van der Waals surface area contributed by atoms with Crippen molar-refractivity contribution in [2.24, 2.45) is 11.8 Å². The Morgan fingerprint density at radius 1 is 1.37 bits per heavy atom. The van der Waals surface area contributed by atoms with E-state index >= 15 is 0 Å². The van der Waals surface area contributed by atoms with Gasteiger partial charge in [0.2, 0.25) is 5.88 Å². The van der Waals surface area contributed by atoms with Crippen LogP contribution in [0.2, 0.25) is 0 Å². The highest BCUT2D eigenvalue weighted by Gasteiger charge is 2.29. The number of rotatable bonds is 5. The van der Waals surface area contributed by atoms with Crippen molar-refractivity contribution in [1.29, 1.82) is 0 Å². The molecule has 2 rings (SSSR count). The topological polar surface area (TPSA) is 42.4 Å². The molecule has 0 aliphatic heterocycles. The van der Waals surface area contributed by atoms with Crippen LogP contribution >= 0.6 is 0 Å². The van der Waals surface area contributed by atoms with Crippen LogP contribution in [0.25, 0.3) is 0 Å². The van der Waals surface area contributed by atoms with E-state index in [9.17, 15) is 5.11 Å². The molecule has 106 valence electrons. The lowest BCUT2D eigenvalue weighted by Gasteiger charge is -2.34. The summed E-state index contributed by atoms with van der Waals surface area (Å²) in [7, 11) is 1.62. The normalized spacial score (nSPS) is 25.0. The Morgan fingerprint density at radius 2 is 2.16 bits per heavy atom. The molecule has 0 amide bonds. The lowest BCUT2D eigenvalue weighted by atomic mass is 9.74. The van der Waals surface area contributed by atoms with E-state index in [0.29, 0.717) is 24.1 Å². The van der Waals surface area contributed by atoms with Crippen molar-refractivity contribution in [3.8, 4) is 5.88 Å². The Hall–Kier alpha value is -1.09. The summed E-state index contributed by atoms with van der Waals surface area (Å²) < 4.78 is 5.05. The van der Waals surface area contributed by atoms with Gasteiger partial charge < -0.3 is 9.84 Å². The highest BCUT2D eigenvalue weighted by atomic mass is 16.5. The van der Waals surface area contributed by atoms with Gasteiger partial charge in [0.25, 0.3) is 0 Å². The van der Waals surface area contributed by atoms with E-state index in [-0.39, 0.29) is 6.10 Å². The molecule has 1 heterocycles. The number of hydrogen-bond acceptors (Lipinski definition) is 3. The van der Waals surface area contributed by atoms with Crippen LogP contribution < -0.4 is 4.74 Å². The van der Waals surface area contributed by atoms with Gasteiger partial charge in [-0.05, 0) is 23.8 Å². The van der Waals surface area contributed by atoms with E-state index in [2.05, 4.69) is 11.9 Å². The summed E-state index contributed by atoms with van der Waals surface area (Å²) in [5.41, 5.74) is 1.09. The zero-order valence-corrected chi connectivity index (χ0v) is 12.0. The molecule has 0 aromatic carbocycles. The van der Waals surface area contributed by atoms with E-state index in [0.717, 1.165) is 5.56 Å². The second kappa shape index (κ2) is 6.90. The predicted molar refractivity (Wildman–Crippen MR) is 76.2 cm³/mol. The van der Waals surface area contributed by atoms with Crippen molar-refractivity contribution >= 4 is 0 Å². The maximum absolute atomic E-state index is 10.5. The highest BCUT2D eigenvalue weighted by molar-refractivity contribution is 5.18. The maximum Gasteiger partial charge on any atom is 0.212 e. The molecule has 1 N–H and O–H groups in total. The molecule has 1 saturated carbocycles. The molecule has 0 spiro atoms. The van der Waals surface area contributed by atoms with Crippen LogP contribution in [0.4, 0.5) is 0 Å². The first-order chi connectivity index (χ1) is 9.24. The minimum absolute atomic E-state index is 0.236. The first-order valence-corrected chi connectivity index (χ1v) is 7.41. The van der Waals surface area contributed by atoms with Crippen LogP contribution in [0, 0.1) is 11.8 Å². The monoisotopic (exact) mass is 263 g/mol. The molecule has 0 radical (unpaired) electrons. The third-order valence-electron chi connectivity index (χ3n) is 4.44. The number of pyridine rings is 1. The van der Waals surface area contributed by atoms with Gasteiger partial charge in [-0.3, -0.25) is 0 Å². The van der Waals surface area contributed by atoms with Crippen LogP contribution in [0.5, 0.6) is 5.88 Å². The number of aromatic nitrogens is 1. The standard InChI is InChI=1S/C16H25NO2/c1-3-13-6-4-5-7-14(13)15(18)10-12-8-9-16(19-2)17-11-12/h8-9,11,13-15,18H,3-7,10H2,1-2H3. The van der Waals surface area contributed by atoms with Crippen molar-refractivity contribution in [3.05, 3.63) is 23.9 Å². The van der Waals surface area contributed by atoms with Crippen LogP contribution in [-0.2, 0) is 6.42 Å². The summed E-state index contributed by atoms with van der Waals surface area (Å²) >= 11 is 0. The van der Waals surface area contributed by atoms with E-state index in [4.69, 9.17) is 4.74 Å². The minimum atomic E-state index is -0.236. The summed E-state index contributed by atoms with van der Waals surface area (Å²) in [6, 6.07) is 3.86. The second-order valence-corrected chi connectivity index (χ2v) is 5.60. The van der Waals surface area contributed by atoms with E-state index in [1.54, 1.807) is 7.11 Å². The lowest BCUT2D eigenvalue weighted by molar-refractivity contribution is 0.0464. The Bertz CT molecular complexity index is 377. The van der Waals surface area contributed by atoms with Crippen LogP contribution in [0.3, 0.4) is 0 Å². The van der Waals surface area contributed by atoms with E-state index < -0.39 is 0 Å². The molecular weight excluding hydrogens is 238 g/mol. The van der Waals surface area contributed by atoms with Crippen molar-refractivity contribution in [1.82, 2.24) is 4.98 Å². The summed E-state index contributed by atoms with van der Waals surface area (Å²) in [5.74, 6) is 1.78. The molecule has 1 aliphatic rings. The van der Waals surface area contributed by atoms with Crippen molar-refractivity contribution in [3.63, 3.8) is 0 Å². The third kappa shape index (κ3) is 3.69. The van der Waals surface area contributed by atoms with Crippen molar-refractivity contribution in [2.45, 2.75) is 51.6 Å². The SMILES string of the molecule is CCC1CCCCC1C(O)Cc1ccc(OC)nc1. The van der Waals surface area contributed by atoms with Gasteiger partial charge in [0.05, 0.1) is 13.2 Å². The summed E-state index contributed by atoms with van der Waals surface area (Å²) in [4.78, 5) is 4.20. The molecule has 1 aromatic heterocycles. The molecule has 0 saturated heterocycles. The van der Waals surface area contributed by atoms with Crippen molar-refractivity contribution < 1.29 is 9.84 Å². The predicted octanol–water partition coefficient (Wildman–Crippen LogP) is 3.21. The number of ether oxygens (including phenoxy) is 1. The van der Waals surface area contributed by atoms with Gasteiger partial charge in [-0.1, -0.05) is 38.7 Å². The van der Waals surface area contributed by atoms with Gasteiger partial charge in [0.15, 0.2) is 0 Å². The molecule has 3 atom stereocenters. The first kappa shape index (κ1) is 14.3. The van der Waals surface area contributed by atoms with Crippen LogP contribution in [-0.4, -0.2) is 23.3 Å². The Kier molecular flexibility index (Phi) is 5.20. The number of methoxy groups -OCH3 is 1. The summed E-state index contributed by atoms with van der Waals surface area (Å²) in [6.45, 7) is 2.24. The maximum atomic E-state index is 10.5. The molecule has 3 unspecified atom stereocenters. The van der Waals surface area contributed by atoms with Crippen molar-refractivity contribution in [2.75, 3.05) is 7.11 Å². The Balaban J connectivity index is 1.96. The fourth-order valence-electron chi connectivity index (χ4n) is 3.30. The molecule has 19 heavy (non-hydrogen) atoms. The smallest absolute Gasteiger partial charge is 0.212 e. The molecular formula is C16H25NO2. The fourth-order valence-corrected chi connectivity index (χ4v) is 3.30. The van der Waals surface area contributed by atoms with Gasteiger partial charge in [0, 0.05) is 18.7 Å². The summed E-state index contributed by atoms with van der Waals surface area (Å²) in [6.07, 6.45) is 8.50. The molecule has 1 fully saturated rings. The van der Waals surface area contributed by atoms with Crippen LogP contribution in [0.1, 0.15) is 44.6 Å². The van der Waals surface area contributed by atoms with E-state index in [1.807, 2.05) is 18.3 Å². The number of hydrogen-bond donors (Lipinski definition) is 1. The van der Waals surface area contributed by atoms with Gasteiger partial charge in [0.1, 0.15) is 0 Å². The quantitative estimate of drug-likeness (QED) is 0.887. The van der Waals surface area contributed by atoms with Gasteiger partial charge in [-0.15, -0.1) is 0 Å². The lowest BCUT2D eigenvalue weighted by Crippen LogP contribution is -2.32. The average Bonchev–Trinajstić information content (AvgIpc) is 2.48. The largest absolute Gasteiger partial charge is 0.481 e. The van der Waals surface area contributed by atoms with Gasteiger partial charge in [-0.2, -0.15) is 0 Å². The Labute approximate surface area is 116 Å². The molecule has 3 nitrogen and oxygen atoms in total. The molecule has 3 heteroatoms. The van der Waals surface area contributed by atoms with Crippen LogP contribution in [0.15, 0.2) is 18.3 Å². The highest BCUT2D eigenvalue weighted by Crippen LogP contribution is 2.35. The second-order valence-electron chi connectivity index (χ2n) is 5.60. The Morgan fingerprint density at radius 3 is 2.79 bits per heavy atom. The zero-order valence-electron chi connectivity index (χ0n) is 12.0. The third-order valence-corrected chi connectivity index (χ3v) is 4.44. The number of aliphatic hydroxyl groups is 1. The average molecular weight is 263 g/mol. The fraction of sp³-hybridized carbons (Fsp3) is 0.688.